The molecule has 0 unspecified atom stereocenters. The molecule has 3 rings (SSSR count). The van der Waals surface area contributed by atoms with Crippen LogP contribution in [0.1, 0.15) is 25.1 Å². The summed E-state index contributed by atoms with van der Waals surface area (Å²) < 4.78 is 5.21. The van der Waals surface area contributed by atoms with Crippen LogP contribution in [0.3, 0.4) is 0 Å². The predicted octanol–water partition coefficient (Wildman–Crippen LogP) is 2.09. The Morgan fingerprint density at radius 2 is 1.64 bits per heavy atom. The van der Waals surface area contributed by atoms with Crippen molar-refractivity contribution in [1.29, 1.82) is 0 Å². The molecule has 2 aromatic carbocycles. The SMILES string of the molecule is CC(C)[C@H](NC(=O)OCc1ccccc1)C(=O)N[C@@H](Cc1cnc2ccccc2n1)C(N)=O. The first-order chi connectivity index (χ1) is 15.8. The van der Waals surface area contributed by atoms with Crippen molar-refractivity contribution in [2.75, 3.05) is 0 Å². The third-order valence-electron chi connectivity index (χ3n) is 5.01. The molecule has 1 aromatic heterocycles. The average Bonchev–Trinajstić information content (AvgIpc) is 2.81. The van der Waals surface area contributed by atoms with Crippen molar-refractivity contribution in [2.45, 2.75) is 39.0 Å². The Morgan fingerprint density at radius 1 is 0.970 bits per heavy atom. The predicted molar refractivity (Wildman–Crippen MR) is 123 cm³/mol. The number of nitrogens with one attached hydrogen (secondary N) is 2. The first-order valence-electron chi connectivity index (χ1n) is 10.6. The summed E-state index contributed by atoms with van der Waals surface area (Å²) in [6, 6.07) is 14.6. The number of alkyl carbamates (subject to hydrolysis) is 1. The fourth-order valence-electron chi connectivity index (χ4n) is 3.21. The van der Waals surface area contributed by atoms with Crippen molar-refractivity contribution >= 4 is 28.9 Å². The highest BCUT2D eigenvalue weighted by Crippen LogP contribution is 2.11. The maximum absolute atomic E-state index is 12.9. The highest BCUT2D eigenvalue weighted by atomic mass is 16.5. The number of nitrogens with two attached hydrogens (primary N) is 1. The molecular weight excluding hydrogens is 422 g/mol. The molecular formula is C24H27N5O4. The summed E-state index contributed by atoms with van der Waals surface area (Å²) in [5.74, 6) is -1.52. The molecule has 0 radical (unpaired) electrons. The number of aromatic nitrogens is 2. The number of benzene rings is 2. The molecule has 0 saturated carbocycles. The number of ether oxygens (including phenoxy) is 1. The summed E-state index contributed by atoms with van der Waals surface area (Å²) in [6.07, 6.45) is 0.884. The lowest BCUT2D eigenvalue weighted by Crippen LogP contribution is -2.55. The molecule has 0 aliphatic carbocycles. The van der Waals surface area contributed by atoms with E-state index in [2.05, 4.69) is 20.6 Å². The number of hydrogen-bond donors (Lipinski definition) is 3. The molecule has 0 saturated heterocycles. The van der Waals surface area contributed by atoms with Crippen molar-refractivity contribution in [3.63, 3.8) is 0 Å². The van der Waals surface area contributed by atoms with Gasteiger partial charge in [0, 0.05) is 12.6 Å². The topological polar surface area (TPSA) is 136 Å². The lowest BCUT2D eigenvalue weighted by atomic mass is 10.0. The molecule has 9 heteroatoms. The first kappa shape index (κ1) is 23.6. The van der Waals surface area contributed by atoms with Gasteiger partial charge in [-0.15, -0.1) is 0 Å². The van der Waals surface area contributed by atoms with E-state index < -0.39 is 30.0 Å². The number of primary amides is 1. The maximum Gasteiger partial charge on any atom is 0.408 e. The van der Waals surface area contributed by atoms with Crippen LogP contribution in [0.4, 0.5) is 4.79 Å². The van der Waals surface area contributed by atoms with Crippen LogP contribution in [-0.2, 0) is 27.4 Å². The van der Waals surface area contributed by atoms with Gasteiger partial charge in [0.2, 0.25) is 11.8 Å². The normalized spacial score (nSPS) is 12.7. The van der Waals surface area contributed by atoms with Crippen LogP contribution in [0.5, 0.6) is 0 Å². The van der Waals surface area contributed by atoms with Gasteiger partial charge in [-0.05, 0) is 23.6 Å². The quantitative estimate of drug-likeness (QED) is 0.458. The third-order valence-corrected chi connectivity index (χ3v) is 5.01. The summed E-state index contributed by atoms with van der Waals surface area (Å²) in [5.41, 5.74) is 8.25. The van der Waals surface area contributed by atoms with Gasteiger partial charge in [0.25, 0.3) is 0 Å². The number of amides is 3. The van der Waals surface area contributed by atoms with Crippen molar-refractivity contribution in [1.82, 2.24) is 20.6 Å². The van der Waals surface area contributed by atoms with Gasteiger partial charge >= 0.3 is 6.09 Å². The molecule has 9 nitrogen and oxygen atoms in total. The van der Waals surface area contributed by atoms with Gasteiger partial charge in [0.1, 0.15) is 18.7 Å². The zero-order chi connectivity index (χ0) is 23.8. The molecule has 3 aromatic rings. The monoisotopic (exact) mass is 449 g/mol. The van der Waals surface area contributed by atoms with E-state index in [0.29, 0.717) is 11.2 Å². The zero-order valence-corrected chi connectivity index (χ0v) is 18.5. The highest BCUT2D eigenvalue weighted by Gasteiger charge is 2.29. The van der Waals surface area contributed by atoms with E-state index in [1.807, 2.05) is 54.6 Å². The zero-order valence-electron chi connectivity index (χ0n) is 18.5. The van der Waals surface area contributed by atoms with Gasteiger partial charge in [0.05, 0.1) is 16.7 Å². The second-order valence-electron chi connectivity index (χ2n) is 7.95. The summed E-state index contributed by atoms with van der Waals surface area (Å²) in [4.78, 5) is 46.0. The minimum atomic E-state index is -1.02. The van der Waals surface area contributed by atoms with Crippen LogP contribution in [-0.4, -0.2) is 40.0 Å². The van der Waals surface area contributed by atoms with Crippen LogP contribution in [0.25, 0.3) is 11.0 Å². The van der Waals surface area contributed by atoms with Gasteiger partial charge < -0.3 is 21.1 Å². The van der Waals surface area contributed by atoms with Gasteiger partial charge in [0.15, 0.2) is 0 Å². The van der Waals surface area contributed by atoms with Crippen LogP contribution < -0.4 is 16.4 Å². The number of para-hydroxylation sites is 2. The van der Waals surface area contributed by atoms with Gasteiger partial charge in [-0.3, -0.25) is 14.6 Å². The van der Waals surface area contributed by atoms with Gasteiger partial charge in [-0.1, -0.05) is 56.3 Å². The number of nitrogens with zero attached hydrogens (tertiary/aromatic N) is 2. The highest BCUT2D eigenvalue weighted by molar-refractivity contribution is 5.91. The molecule has 1 heterocycles. The number of fused-ring (bicyclic) bond motifs is 1. The fraction of sp³-hybridized carbons (Fsp3) is 0.292. The summed E-state index contributed by atoms with van der Waals surface area (Å²) in [5, 5.41) is 5.19. The van der Waals surface area contributed by atoms with Crippen molar-refractivity contribution in [3.8, 4) is 0 Å². The summed E-state index contributed by atoms with van der Waals surface area (Å²) in [6.45, 7) is 3.62. The second kappa shape index (κ2) is 11.0. The van der Waals surface area contributed by atoms with Crippen molar-refractivity contribution in [2.24, 2.45) is 11.7 Å². The molecule has 3 amide bonds. The Morgan fingerprint density at radius 3 is 2.30 bits per heavy atom. The molecule has 0 bridgehead atoms. The Labute approximate surface area is 191 Å². The van der Waals surface area contributed by atoms with Gasteiger partial charge in [-0.25, -0.2) is 9.78 Å². The van der Waals surface area contributed by atoms with E-state index in [4.69, 9.17) is 10.5 Å². The Hall–Kier alpha value is -4.01. The number of rotatable bonds is 9. The number of carbonyl (C=O) groups excluding carboxylic acids is 3. The minimum absolute atomic E-state index is 0.0716. The molecule has 33 heavy (non-hydrogen) atoms. The lowest BCUT2D eigenvalue weighted by molar-refractivity contribution is -0.129. The van der Waals surface area contributed by atoms with Gasteiger partial charge in [-0.2, -0.15) is 0 Å². The van der Waals surface area contributed by atoms with E-state index >= 15 is 0 Å². The van der Waals surface area contributed by atoms with Crippen molar-refractivity contribution < 1.29 is 19.1 Å². The fourth-order valence-corrected chi connectivity index (χ4v) is 3.21. The van der Waals surface area contributed by atoms with Crippen LogP contribution in [0.2, 0.25) is 0 Å². The summed E-state index contributed by atoms with van der Waals surface area (Å²) >= 11 is 0. The van der Waals surface area contributed by atoms with E-state index in [9.17, 15) is 14.4 Å². The molecule has 0 spiro atoms. The van der Waals surface area contributed by atoms with Crippen LogP contribution >= 0.6 is 0 Å². The van der Waals surface area contributed by atoms with Crippen LogP contribution in [0.15, 0.2) is 60.8 Å². The van der Waals surface area contributed by atoms with Crippen molar-refractivity contribution in [3.05, 3.63) is 72.1 Å². The van der Waals surface area contributed by atoms with E-state index in [1.165, 1.54) is 0 Å². The second-order valence-corrected chi connectivity index (χ2v) is 7.95. The Bertz CT molecular complexity index is 1120. The Kier molecular flexibility index (Phi) is 7.91. The molecule has 4 N–H and O–H groups in total. The van der Waals surface area contributed by atoms with E-state index in [0.717, 1.165) is 11.1 Å². The third kappa shape index (κ3) is 6.73. The first-order valence-corrected chi connectivity index (χ1v) is 10.6. The molecule has 2 atom stereocenters. The van der Waals surface area contributed by atoms with Crippen LogP contribution in [0, 0.1) is 5.92 Å². The molecule has 0 aliphatic heterocycles. The lowest BCUT2D eigenvalue weighted by Gasteiger charge is -2.24. The van der Waals surface area contributed by atoms with E-state index in [-0.39, 0.29) is 18.9 Å². The minimum Gasteiger partial charge on any atom is -0.445 e. The maximum atomic E-state index is 12.9. The molecule has 0 fully saturated rings. The number of carbonyl (C=O) groups is 3. The van der Waals surface area contributed by atoms with E-state index in [1.54, 1.807) is 20.0 Å². The standard InChI is InChI=1S/C24H27N5O4/c1-15(2)21(29-24(32)33-14-16-8-4-3-5-9-16)23(31)28-20(22(25)30)12-17-13-26-18-10-6-7-11-19(18)27-17/h3-11,13,15,20-21H,12,14H2,1-2H3,(H2,25,30)(H,28,31)(H,29,32)/t20-,21-/m0/s1. The molecule has 0 aliphatic rings. The smallest absolute Gasteiger partial charge is 0.408 e. The Balaban J connectivity index is 1.63. The summed E-state index contributed by atoms with van der Waals surface area (Å²) in [7, 11) is 0. The average molecular weight is 450 g/mol. The number of hydrogen-bond acceptors (Lipinski definition) is 6. The molecule has 172 valence electrons. The largest absolute Gasteiger partial charge is 0.445 e.